The third kappa shape index (κ3) is 7.61. The number of hydrogen-bond donors (Lipinski definition) is 1. The normalized spacial score (nSPS) is 11.2. The molecule has 6 nitrogen and oxygen atoms in total. The summed E-state index contributed by atoms with van der Waals surface area (Å²) in [6, 6.07) is 17.0. The quantitative estimate of drug-likeness (QED) is 0.296. The monoisotopic (exact) mass is 598 g/mol. The first-order chi connectivity index (χ1) is 16.6. The molecule has 3 rings (SSSR count). The molecule has 0 atom stereocenters. The fourth-order valence-electron chi connectivity index (χ4n) is 3.40. The molecule has 0 bridgehead atoms. The zero-order valence-corrected chi connectivity index (χ0v) is 23.1. The smallest absolute Gasteiger partial charge is 0.317 e. The van der Waals surface area contributed by atoms with Gasteiger partial charge in [-0.05, 0) is 48.4 Å². The predicted molar refractivity (Wildman–Crippen MR) is 143 cm³/mol. The Morgan fingerprint density at radius 1 is 1.03 bits per heavy atom. The van der Waals surface area contributed by atoms with Crippen LogP contribution in [0.5, 0.6) is 11.5 Å². The Bertz CT molecular complexity index is 1300. The first kappa shape index (κ1) is 27.3. The third-order valence-electron chi connectivity index (χ3n) is 5.21. The highest BCUT2D eigenvalue weighted by Crippen LogP contribution is 2.32. The van der Waals surface area contributed by atoms with Crippen LogP contribution in [-0.4, -0.2) is 38.7 Å². The number of rotatable bonds is 9. The van der Waals surface area contributed by atoms with Crippen molar-refractivity contribution in [3.8, 4) is 11.5 Å². The van der Waals surface area contributed by atoms with Gasteiger partial charge >= 0.3 is 6.03 Å². The predicted octanol–water partition coefficient (Wildman–Crippen LogP) is 6.73. The summed E-state index contributed by atoms with van der Waals surface area (Å²) >= 11 is 15.6. The van der Waals surface area contributed by atoms with Crippen LogP contribution in [0.4, 0.5) is 4.79 Å². The summed E-state index contributed by atoms with van der Waals surface area (Å²) < 4.78 is 31.5. The van der Waals surface area contributed by atoms with E-state index < -0.39 is 9.84 Å². The number of halogens is 3. The van der Waals surface area contributed by atoms with Crippen LogP contribution in [0.3, 0.4) is 0 Å². The molecule has 186 valence electrons. The first-order valence-corrected chi connectivity index (χ1v) is 14.0. The first-order valence-electron chi connectivity index (χ1n) is 10.8. The van der Waals surface area contributed by atoms with Crippen molar-refractivity contribution in [2.45, 2.75) is 24.8 Å². The Morgan fingerprint density at radius 3 is 2.40 bits per heavy atom. The molecule has 2 amide bonds. The van der Waals surface area contributed by atoms with Crippen molar-refractivity contribution in [1.82, 2.24) is 10.2 Å². The van der Waals surface area contributed by atoms with Crippen LogP contribution in [0.25, 0.3) is 0 Å². The Hall–Kier alpha value is -2.26. The lowest BCUT2D eigenvalue weighted by atomic mass is 10.1. The molecule has 35 heavy (non-hydrogen) atoms. The highest BCUT2D eigenvalue weighted by Gasteiger charge is 2.17. The molecule has 0 aliphatic rings. The minimum Gasteiger partial charge on any atom is -0.457 e. The lowest BCUT2D eigenvalue weighted by molar-refractivity contribution is 0.206. The highest BCUT2D eigenvalue weighted by atomic mass is 79.9. The molecule has 0 saturated heterocycles. The number of benzene rings is 3. The van der Waals surface area contributed by atoms with Crippen LogP contribution in [0.2, 0.25) is 10.0 Å². The maximum absolute atomic E-state index is 12.7. The van der Waals surface area contributed by atoms with E-state index in [1.54, 1.807) is 62.5 Å². The molecular formula is C25H25BrCl2N2O4S. The minimum absolute atomic E-state index is 0.0259. The molecule has 0 aliphatic carbocycles. The fraction of sp³-hybridized carbons (Fsp3) is 0.240. The van der Waals surface area contributed by atoms with Crippen LogP contribution in [0, 0.1) is 0 Å². The molecule has 0 radical (unpaired) electrons. The van der Waals surface area contributed by atoms with E-state index in [0.717, 1.165) is 10.0 Å². The van der Waals surface area contributed by atoms with Crippen LogP contribution in [0.1, 0.15) is 18.1 Å². The zero-order valence-electron chi connectivity index (χ0n) is 19.2. The summed E-state index contributed by atoms with van der Waals surface area (Å²) in [5, 5.41) is 3.76. The lowest BCUT2D eigenvalue weighted by Crippen LogP contribution is -2.37. The van der Waals surface area contributed by atoms with Gasteiger partial charge in [-0.25, -0.2) is 13.2 Å². The van der Waals surface area contributed by atoms with E-state index in [9.17, 15) is 13.2 Å². The van der Waals surface area contributed by atoms with Crippen LogP contribution in [-0.2, 0) is 22.8 Å². The molecule has 0 heterocycles. The van der Waals surface area contributed by atoms with Crippen molar-refractivity contribution >= 4 is 55.0 Å². The molecule has 0 fully saturated rings. The second-order valence-electron chi connectivity index (χ2n) is 7.81. The topological polar surface area (TPSA) is 75.7 Å². The maximum Gasteiger partial charge on any atom is 0.317 e. The molecule has 3 aromatic carbocycles. The molecule has 0 unspecified atom stereocenters. The number of carbonyl (C=O) groups is 1. The lowest BCUT2D eigenvalue weighted by Gasteiger charge is -2.20. The largest absolute Gasteiger partial charge is 0.457 e. The molecule has 0 aromatic heterocycles. The van der Waals surface area contributed by atoms with Crippen molar-refractivity contribution < 1.29 is 17.9 Å². The maximum atomic E-state index is 12.7. The van der Waals surface area contributed by atoms with E-state index in [1.807, 2.05) is 12.1 Å². The summed E-state index contributed by atoms with van der Waals surface area (Å²) in [5.74, 6) is 1.06. The second-order valence-corrected chi connectivity index (χ2v) is 11.8. The van der Waals surface area contributed by atoms with Crippen molar-refractivity contribution in [3.05, 3.63) is 86.3 Å². The van der Waals surface area contributed by atoms with Crippen LogP contribution in [0.15, 0.2) is 70.0 Å². The number of nitrogens with zero attached hydrogens (tertiary/aromatic N) is 1. The molecule has 0 saturated carbocycles. The van der Waals surface area contributed by atoms with E-state index in [4.69, 9.17) is 27.9 Å². The summed E-state index contributed by atoms with van der Waals surface area (Å²) in [7, 11) is -1.66. The van der Waals surface area contributed by atoms with Gasteiger partial charge in [-0.1, -0.05) is 70.3 Å². The van der Waals surface area contributed by atoms with Gasteiger partial charge in [-0.2, -0.15) is 0 Å². The van der Waals surface area contributed by atoms with Crippen LogP contribution < -0.4 is 10.1 Å². The number of amides is 2. The molecule has 3 aromatic rings. The van der Waals surface area contributed by atoms with Gasteiger partial charge in [0.25, 0.3) is 0 Å². The molecular weight excluding hydrogens is 575 g/mol. The highest BCUT2D eigenvalue weighted by molar-refractivity contribution is 9.10. The van der Waals surface area contributed by atoms with E-state index in [2.05, 4.69) is 21.2 Å². The number of hydrogen-bond acceptors (Lipinski definition) is 4. The van der Waals surface area contributed by atoms with Gasteiger partial charge < -0.3 is 15.0 Å². The molecule has 0 spiro atoms. The van der Waals surface area contributed by atoms with Gasteiger partial charge in [0.1, 0.15) is 11.5 Å². The van der Waals surface area contributed by atoms with Gasteiger partial charge in [-0.15, -0.1) is 0 Å². The third-order valence-corrected chi connectivity index (χ3v) is 7.96. The molecule has 10 heteroatoms. The Morgan fingerprint density at radius 2 is 1.71 bits per heavy atom. The number of urea groups is 1. The minimum atomic E-state index is -3.33. The zero-order chi connectivity index (χ0) is 25.6. The van der Waals surface area contributed by atoms with Crippen molar-refractivity contribution in [2.24, 2.45) is 0 Å². The fourth-order valence-corrected chi connectivity index (χ4v) is 5.42. The Kier molecular flexibility index (Phi) is 9.47. The molecule has 0 aliphatic heterocycles. The summed E-state index contributed by atoms with van der Waals surface area (Å²) in [6.07, 6.45) is 0.400. The van der Waals surface area contributed by atoms with Gasteiger partial charge in [0.2, 0.25) is 0 Å². The number of nitrogens with one attached hydrogen (secondary N) is 1. The van der Waals surface area contributed by atoms with Gasteiger partial charge in [-0.3, -0.25) is 0 Å². The van der Waals surface area contributed by atoms with E-state index in [0.29, 0.717) is 45.0 Å². The second kappa shape index (κ2) is 12.1. The van der Waals surface area contributed by atoms with Crippen molar-refractivity contribution in [3.63, 3.8) is 0 Å². The van der Waals surface area contributed by atoms with Crippen LogP contribution >= 0.6 is 39.1 Å². The average Bonchev–Trinajstić information content (AvgIpc) is 2.80. The number of carbonyl (C=O) groups excluding carboxylic acids is 1. The average molecular weight is 600 g/mol. The Labute approximate surface area is 224 Å². The van der Waals surface area contributed by atoms with E-state index in [-0.39, 0.29) is 18.3 Å². The SMILES string of the molecule is CCS(=O)(=O)c1ccccc1CCNC(=O)N(C)Cc1ccc(Br)cc1Oc1cc(Cl)cc(Cl)c1. The van der Waals surface area contributed by atoms with Gasteiger partial charge in [0, 0.05) is 33.7 Å². The number of ether oxygens (including phenoxy) is 1. The van der Waals surface area contributed by atoms with Gasteiger partial charge in [0.15, 0.2) is 9.84 Å². The standard InChI is InChI=1S/C25H25BrCl2N2O4S/c1-3-35(32,33)24-7-5-4-6-17(24)10-11-29-25(31)30(2)16-18-8-9-19(26)12-23(18)34-22-14-20(27)13-21(28)15-22/h4-9,12-15H,3,10-11,16H2,1-2H3,(H,29,31). The van der Waals surface area contributed by atoms with Crippen molar-refractivity contribution in [2.75, 3.05) is 19.3 Å². The summed E-state index contributed by atoms with van der Waals surface area (Å²) in [5.41, 5.74) is 1.46. The summed E-state index contributed by atoms with van der Waals surface area (Å²) in [6.45, 7) is 2.19. The van der Waals surface area contributed by atoms with E-state index >= 15 is 0 Å². The summed E-state index contributed by atoms with van der Waals surface area (Å²) in [4.78, 5) is 14.5. The van der Waals surface area contributed by atoms with E-state index in [1.165, 1.54) is 4.90 Å². The van der Waals surface area contributed by atoms with Gasteiger partial charge in [0.05, 0.1) is 17.2 Å². The van der Waals surface area contributed by atoms with Crippen molar-refractivity contribution in [1.29, 1.82) is 0 Å². The molecule has 1 N–H and O–H groups in total. The Balaban J connectivity index is 1.65. The number of sulfone groups is 1.